The molecule has 0 saturated heterocycles. The van der Waals surface area contributed by atoms with Gasteiger partial charge in [-0.15, -0.1) is 0 Å². The van der Waals surface area contributed by atoms with Crippen LogP contribution in [0.15, 0.2) is 6.20 Å². The smallest absolute Gasteiger partial charge is 0.394 e. The zero-order chi connectivity index (χ0) is 11.4. The predicted molar refractivity (Wildman–Crippen MR) is 51.3 cm³/mol. The molecular weight excluding hydrogens is 212 g/mol. The van der Waals surface area contributed by atoms with Crippen LogP contribution in [0.4, 0.5) is 11.5 Å². The third kappa shape index (κ3) is 6.22. The minimum atomic E-state index is -4.67. The first kappa shape index (κ1) is 12.7. The van der Waals surface area contributed by atoms with Crippen LogP contribution in [-0.2, 0) is 17.4 Å². The average molecular weight is 224 g/mol. The van der Waals surface area contributed by atoms with E-state index < -0.39 is 10.4 Å². The Balaban J connectivity index is 0.000000292. The van der Waals surface area contributed by atoms with Gasteiger partial charge < -0.3 is 11.1 Å². The number of aromatic nitrogens is 2. The van der Waals surface area contributed by atoms with Crippen molar-refractivity contribution in [1.29, 1.82) is 0 Å². The maximum absolute atomic E-state index is 8.74. The number of nitrogens with one attached hydrogen (secondary N) is 1. The summed E-state index contributed by atoms with van der Waals surface area (Å²) >= 11 is 0. The van der Waals surface area contributed by atoms with Gasteiger partial charge in [0.25, 0.3) is 0 Å². The Kier molecular flexibility index (Phi) is 4.34. The first-order valence-electron chi connectivity index (χ1n) is 3.40. The molecule has 8 nitrogen and oxygen atoms in total. The molecule has 0 atom stereocenters. The molecule has 0 aromatic carbocycles. The Morgan fingerprint density at radius 2 is 2.00 bits per heavy atom. The van der Waals surface area contributed by atoms with Gasteiger partial charge in [0.2, 0.25) is 0 Å². The maximum atomic E-state index is 8.74. The summed E-state index contributed by atoms with van der Waals surface area (Å²) in [4.78, 5) is 0. The number of hydrogen-bond acceptors (Lipinski definition) is 5. The van der Waals surface area contributed by atoms with Gasteiger partial charge in [0, 0.05) is 20.3 Å². The minimum Gasteiger partial charge on any atom is -0.394 e. The molecule has 0 amide bonds. The molecule has 9 heteroatoms. The van der Waals surface area contributed by atoms with E-state index >= 15 is 0 Å². The maximum Gasteiger partial charge on any atom is 0.394 e. The number of nitrogen functional groups attached to an aromatic ring is 1. The van der Waals surface area contributed by atoms with Crippen LogP contribution in [0.1, 0.15) is 0 Å². The SMILES string of the molecule is CNc1nn(C)cc1N.O=S(=O)(O)O. The van der Waals surface area contributed by atoms with E-state index in [0.717, 1.165) is 5.82 Å². The van der Waals surface area contributed by atoms with Crippen molar-refractivity contribution in [2.24, 2.45) is 7.05 Å². The lowest BCUT2D eigenvalue weighted by Crippen LogP contribution is -1.93. The fourth-order valence-electron chi connectivity index (χ4n) is 0.701. The summed E-state index contributed by atoms with van der Waals surface area (Å²) in [6.07, 6.45) is 1.76. The number of anilines is 2. The van der Waals surface area contributed by atoms with Gasteiger partial charge in [0.1, 0.15) is 0 Å². The van der Waals surface area contributed by atoms with Crippen LogP contribution in [0, 0.1) is 0 Å². The summed E-state index contributed by atoms with van der Waals surface area (Å²) in [5.41, 5.74) is 6.19. The molecule has 1 heterocycles. The minimum absolute atomic E-state index is 0.681. The van der Waals surface area contributed by atoms with Gasteiger partial charge in [0.05, 0.1) is 5.69 Å². The number of nitrogens with two attached hydrogens (primary N) is 1. The lowest BCUT2D eigenvalue weighted by molar-refractivity contribution is 0.381. The van der Waals surface area contributed by atoms with E-state index in [1.807, 2.05) is 7.05 Å². The molecule has 0 radical (unpaired) electrons. The number of rotatable bonds is 1. The van der Waals surface area contributed by atoms with E-state index in [-0.39, 0.29) is 0 Å². The van der Waals surface area contributed by atoms with Crippen LogP contribution in [0.25, 0.3) is 0 Å². The van der Waals surface area contributed by atoms with Crippen LogP contribution in [-0.4, -0.2) is 34.4 Å². The second-order valence-corrected chi connectivity index (χ2v) is 3.20. The monoisotopic (exact) mass is 224 g/mol. The van der Waals surface area contributed by atoms with Crippen molar-refractivity contribution >= 4 is 21.9 Å². The second kappa shape index (κ2) is 4.79. The normalized spacial score (nSPS) is 10.3. The van der Waals surface area contributed by atoms with Crippen molar-refractivity contribution < 1.29 is 17.5 Å². The Labute approximate surface area is 81.3 Å². The molecule has 0 aliphatic heterocycles. The largest absolute Gasteiger partial charge is 0.394 e. The Morgan fingerprint density at radius 3 is 2.14 bits per heavy atom. The Hall–Kier alpha value is -1.32. The summed E-state index contributed by atoms with van der Waals surface area (Å²) in [5.74, 6) is 0.734. The zero-order valence-corrected chi connectivity index (χ0v) is 8.48. The highest BCUT2D eigenvalue weighted by Crippen LogP contribution is 2.11. The molecule has 1 aromatic heterocycles. The van der Waals surface area contributed by atoms with Gasteiger partial charge in [-0.05, 0) is 0 Å². The molecule has 1 rings (SSSR count). The van der Waals surface area contributed by atoms with E-state index in [1.54, 1.807) is 17.9 Å². The molecule has 0 unspecified atom stereocenters. The lowest BCUT2D eigenvalue weighted by Gasteiger charge is -1.90. The van der Waals surface area contributed by atoms with Gasteiger partial charge in [-0.2, -0.15) is 13.5 Å². The molecule has 14 heavy (non-hydrogen) atoms. The van der Waals surface area contributed by atoms with Crippen molar-refractivity contribution in [2.75, 3.05) is 18.1 Å². The molecule has 0 spiro atoms. The first-order valence-corrected chi connectivity index (χ1v) is 4.80. The Bertz CT molecular complexity index is 376. The highest BCUT2D eigenvalue weighted by molar-refractivity contribution is 7.79. The fourth-order valence-corrected chi connectivity index (χ4v) is 0.701. The van der Waals surface area contributed by atoms with Gasteiger partial charge in [-0.1, -0.05) is 0 Å². The van der Waals surface area contributed by atoms with Gasteiger partial charge >= 0.3 is 10.4 Å². The highest BCUT2D eigenvalue weighted by atomic mass is 32.3. The Morgan fingerprint density at radius 1 is 1.57 bits per heavy atom. The molecule has 0 fully saturated rings. The second-order valence-electron chi connectivity index (χ2n) is 2.30. The number of nitrogens with zero attached hydrogens (tertiary/aromatic N) is 2. The molecule has 5 N–H and O–H groups in total. The summed E-state index contributed by atoms with van der Waals surface area (Å²) < 4.78 is 33.3. The molecule has 0 aliphatic carbocycles. The van der Waals surface area contributed by atoms with E-state index in [1.165, 1.54) is 0 Å². The van der Waals surface area contributed by atoms with Crippen molar-refractivity contribution in [3.05, 3.63) is 6.20 Å². The van der Waals surface area contributed by atoms with Crippen molar-refractivity contribution in [3.8, 4) is 0 Å². The van der Waals surface area contributed by atoms with Gasteiger partial charge in [-0.3, -0.25) is 13.8 Å². The number of aryl methyl sites for hydroxylation is 1. The van der Waals surface area contributed by atoms with Gasteiger partial charge in [0.15, 0.2) is 5.82 Å². The molecule has 1 aromatic rings. The summed E-state index contributed by atoms with van der Waals surface area (Å²) in [6, 6.07) is 0. The van der Waals surface area contributed by atoms with Crippen molar-refractivity contribution in [1.82, 2.24) is 9.78 Å². The molecule has 0 saturated carbocycles. The van der Waals surface area contributed by atoms with E-state index in [9.17, 15) is 0 Å². The summed E-state index contributed by atoms with van der Waals surface area (Å²) in [5, 5.41) is 6.87. The van der Waals surface area contributed by atoms with E-state index in [2.05, 4.69) is 10.4 Å². The van der Waals surface area contributed by atoms with Crippen LogP contribution >= 0.6 is 0 Å². The van der Waals surface area contributed by atoms with Crippen LogP contribution in [0.2, 0.25) is 0 Å². The van der Waals surface area contributed by atoms with Crippen LogP contribution in [0.5, 0.6) is 0 Å². The average Bonchev–Trinajstić information content (AvgIpc) is 2.25. The lowest BCUT2D eigenvalue weighted by atomic mass is 10.5. The van der Waals surface area contributed by atoms with Crippen molar-refractivity contribution in [3.63, 3.8) is 0 Å². The third-order valence-electron chi connectivity index (χ3n) is 1.09. The van der Waals surface area contributed by atoms with Crippen LogP contribution < -0.4 is 11.1 Å². The topological polar surface area (TPSA) is 130 Å². The summed E-state index contributed by atoms with van der Waals surface area (Å²) in [7, 11) is -1.05. The van der Waals surface area contributed by atoms with E-state index in [0.29, 0.717) is 5.69 Å². The molecule has 82 valence electrons. The first-order chi connectivity index (χ1) is 6.24. The third-order valence-corrected chi connectivity index (χ3v) is 1.09. The standard InChI is InChI=1S/C5H10N4.H2O4S/c1-7-5-4(6)3-9(2)8-5;1-5(2,3)4/h3H,6H2,1-2H3,(H,7,8);(H2,1,2,3,4). The molecular formula is C5H12N4O4S. The highest BCUT2D eigenvalue weighted by Gasteiger charge is 1.98. The van der Waals surface area contributed by atoms with Gasteiger partial charge in [-0.25, -0.2) is 0 Å². The van der Waals surface area contributed by atoms with Crippen LogP contribution in [0.3, 0.4) is 0 Å². The zero-order valence-electron chi connectivity index (χ0n) is 7.67. The predicted octanol–water partition coefficient (Wildman–Crippen LogP) is -0.609. The fraction of sp³-hybridized carbons (Fsp3) is 0.400. The summed E-state index contributed by atoms with van der Waals surface area (Å²) in [6.45, 7) is 0. The molecule has 0 aliphatic rings. The van der Waals surface area contributed by atoms with Crippen molar-refractivity contribution in [2.45, 2.75) is 0 Å². The quantitative estimate of drug-likeness (QED) is 0.468. The number of hydrogen-bond donors (Lipinski definition) is 4. The molecule has 0 bridgehead atoms. The van der Waals surface area contributed by atoms with E-state index in [4.69, 9.17) is 23.3 Å².